The van der Waals surface area contributed by atoms with Crippen LogP contribution in [0.4, 0.5) is 11.4 Å². The maximum atomic E-state index is 14.0. The van der Waals surface area contributed by atoms with Gasteiger partial charge >= 0.3 is 0 Å². The first-order valence-corrected chi connectivity index (χ1v) is 10.8. The Bertz CT molecular complexity index is 1380. The van der Waals surface area contributed by atoms with E-state index in [1.165, 1.54) is 25.3 Å². The van der Waals surface area contributed by atoms with Crippen LogP contribution >= 0.6 is 0 Å². The van der Waals surface area contributed by atoms with Crippen molar-refractivity contribution in [3.05, 3.63) is 99.1 Å². The highest BCUT2D eigenvalue weighted by molar-refractivity contribution is 6.25. The van der Waals surface area contributed by atoms with Gasteiger partial charge in [0.15, 0.2) is 0 Å². The molecular formula is C26H18N2O6. The van der Waals surface area contributed by atoms with Crippen LogP contribution in [-0.2, 0) is 19.8 Å². The van der Waals surface area contributed by atoms with Crippen molar-refractivity contribution in [2.24, 2.45) is 11.8 Å². The van der Waals surface area contributed by atoms with Crippen molar-refractivity contribution in [2.45, 2.75) is 11.3 Å². The number of carbonyl (C=O) groups excluding carboxylic acids is 3. The average Bonchev–Trinajstić information content (AvgIpc) is 3.14. The highest BCUT2D eigenvalue weighted by Crippen LogP contribution is 2.63. The van der Waals surface area contributed by atoms with E-state index in [1.54, 1.807) is 0 Å². The number of benzene rings is 3. The van der Waals surface area contributed by atoms with Gasteiger partial charge in [-0.15, -0.1) is 0 Å². The maximum Gasteiger partial charge on any atom is 0.271 e. The standard InChI is InChI=1S/C26H18N2O6/c1-34-20-11-10-14(28(32)33)12-19(20)27-24(30)22-21-15-6-2-4-8-17(15)26(13-29,23(22)25(27)31)18-9-5-3-7-16(18)21/h2-13,21-23H,1H3/t21?,22-,23-,26?/m1/s1. The van der Waals surface area contributed by atoms with E-state index in [2.05, 4.69) is 0 Å². The van der Waals surface area contributed by atoms with Crippen LogP contribution in [-0.4, -0.2) is 30.1 Å². The predicted molar refractivity (Wildman–Crippen MR) is 121 cm³/mol. The molecule has 2 bridgehead atoms. The number of nitro benzene ring substituents is 1. The Hall–Kier alpha value is -4.33. The molecule has 3 aliphatic carbocycles. The summed E-state index contributed by atoms with van der Waals surface area (Å²) >= 11 is 0. The second-order valence-corrected chi connectivity index (χ2v) is 8.77. The van der Waals surface area contributed by atoms with Crippen molar-refractivity contribution in [3.63, 3.8) is 0 Å². The lowest BCUT2D eigenvalue weighted by molar-refractivity contribution is -0.384. The van der Waals surface area contributed by atoms with Crippen LogP contribution in [0.2, 0.25) is 0 Å². The van der Waals surface area contributed by atoms with E-state index in [0.29, 0.717) is 0 Å². The van der Waals surface area contributed by atoms with Crippen molar-refractivity contribution in [3.8, 4) is 5.75 Å². The third kappa shape index (κ3) is 2.24. The van der Waals surface area contributed by atoms with E-state index in [9.17, 15) is 24.5 Å². The van der Waals surface area contributed by atoms with E-state index < -0.39 is 39.9 Å². The van der Waals surface area contributed by atoms with E-state index in [1.807, 2.05) is 48.5 Å². The normalized spacial score (nSPS) is 26.0. The van der Waals surface area contributed by atoms with Crippen LogP contribution in [0.25, 0.3) is 0 Å². The molecule has 1 fully saturated rings. The maximum absolute atomic E-state index is 14.0. The van der Waals surface area contributed by atoms with Crippen molar-refractivity contribution < 1.29 is 24.0 Å². The monoisotopic (exact) mass is 454 g/mol. The Morgan fingerprint density at radius 1 is 0.971 bits per heavy atom. The number of nitro groups is 1. The van der Waals surface area contributed by atoms with Gasteiger partial charge in [-0.25, -0.2) is 4.90 Å². The number of aldehydes is 1. The summed E-state index contributed by atoms with van der Waals surface area (Å²) in [6.07, 6.45) is 0.789. The van der Waals surface area contributed by atoms with Crippen LogP contribution in [0.5, 0.6) is 5.75 Å². The minimum absolute atomic E-state index is 0.00895. The molecule has 4 aliphatic rings. The van der Waals surface area contributed by atoms with Crippen molar-refractivity contribution in [1.29, 1.82) is 0 Å². The van der Waals surface area contributed by atoms with Crippen LogP contribution in [0.1, 0.15) is 28.2 Å². The fourth-order valence-electron chi connectivity index (χ4n) is 6.23. The zero-order chi connectivity index (χ0) is 23.8. The summed E-state index contributed by atoms with van der Waals surface area (Å²) < 4.78 is 5.35. The minimum atomic E-state index is -1.33. The van der Waals surface area contributed by atoms with Crippen molar-refractivity contribution in [1.82, 2.24) is 0 Å². The number of hydrogen-bond donors (Lipinski definition) is 0. The summed E-state index contributed by atoms with van der Waals surface area (Å²) in [6, 6.07) is 18.6. The van der Waals surface area contributed by atoms with Gasteiger partial charge in [-0.1, -0.05) is 48.5 Å². The molecule has 8 heteroatoms. The Morgan fingerprint density at radius 2 is 1.59 bits per heavy atom. The molecule has 3 aromatic rings. The number of ether oxygens (including phenoxy) is 1. The third-order valence-corrected chi connectivity index (χ3v) is 7.48. The summed E-state index contributed by atoms with van der Waals surface area (Å²) in [4.78, 5) is 52.7. The second-order valence-electron chi connectivity index (χ2n) is 8.77. The smallest absolute Gasteiger partial charge is 0.271 e. The fraction of sp³-hybridized carbons (Fsp3) is 0.192. The van der Waals surface area contributed by atoms with Gasteiger partial charge in [0.2, 0.25) is 11.8 Å². The zero-order valence-electron chi connectivity index (χ0n) is 18.0. The largest absolute Gasteiger partial charge is 0.495 e. The molecule has 168 valence electrons. The molecule has 0 N–H and O–H groups in total. The van der Waals surface area contributed by atoms with Crippen LogP contribution < -0.4 is 9.64 Å². The molecule has 34 heavy (non-hydrogen) atoms. The number of amides is 2. The van der Waals surface area contributed by atoms with Gasteiger partial charge in [0, 0.05) is 18.1 Å². The molecule has 7 rings (SSSR count). The summed E-state index contributed by atoms with van der Waals surface area (Å²) in [7, 11) is 1.37. The van der Waals surface area contributed by atoms with E-state index in [4.69, 9.17) is 4.74 Å². The molecule has 8 nitrogen and oxygen atoms in total. The molecule has 3 aromatic carbocycles. The topological polar surface area (TPSA) is 107 Å². The Kier molecular flexibility index (Phi) is 4.08. The molecule has 0 unspecified atom stereocenters. The summed E-state index contributed by atoms with van der Waals surface area (Å²) in [6.45, 7) is 0. The lowest BCUT2D eigenvalue weighted by atomic mass is 9.48. The first kappa shape index (κ1) is 20.3. The van der Waals surface area contributed by atoms with Crippen LogP contribution in [0, 0.1) is 22.0 Å². The number of anilines is 1. The van der Waals surface area contributed by atoms with Gasteiger partial charge in [0.25, 0.3) is 5.69 Å². The number of methoxy groups -OCH3 is 1. The van der Waals surface area contributed by atoms with Gasteiger partial charge in [-0.2, -0.15) is 0 Å². The number of carbonyl (C=O) groups is 3. The molecule has 0 saturated carbocycles. The second kappa shape index (κ2) is 6.84. The molecule has 0 radical (unpaired) electrons. The highest BCUT2D eigenvalue weighted by Gasteiger charge is 2.68. The summed E-state index contributed by atoms with van der Waals surface area (Å²) in [5.41, 5.74) is 1.56. The van der Waals surface area contributed by atoms with Crippen molar-refractivity contribution in [2.75, 3.05) is 12.0 Å². The average molecular weight is 454 g/mol. The van der Waals surface area contributed by atoms with Crippen molar-refractivity contribution >= 4 is 29.5 Å². The summed E-state index contributed by atoms with van der Waals surface area (Å²) in [5.74, 6) is -3.08. The quantitative estimate of drug-likeness (QED) is 0.259. The predicted octanol–water partition coefficient (Wildman–Crippen LogP) is 3.35. The van der Waals surface area contributed by atoms with E-state index >= 15 is 0 Å². The Balaban J connectivity index is 1.62. The summed E-state index contributed by atoms with van der Waals surface area (Å²) in [5, 5.41) is 11.4. The molecular weight excluding hydrogens is 436 g/mol. The molecule has 0 spiro atoms. The fourth-order valence-corrected chi connectivity index (χ4v) is 6.23. The SMILES string of the molecule is COc1ccc([N+](=O)[O-])cc1N1C(=O)[C@@H]2C3c4ccccc4C(C=O)(c4ccccc43)[C@H]2C1=O. The molecule has 1 heterocycles. The number of nitrogens with zero attached hydrogens (tertiary/aromatic N) is 2. The highest BCUT2D eigenvalue weighted by atomic mass is 16.6. The van der Waals surface area contributed by atoms with E-state index in [0.717, 1.165) is 33.4 Å². The first-order valence-electron chi connectivity index (χ1n) is 10.8. The first-order chi connectivity index (χ1) is 16.5. The Morgan fingerprint density at radius 3 is 2.15 bits per heavy atom. The van der Waals surface area contributed by atoms with Crippen LogP contribution in [0.3, 0.4) is 0 Å². The molecule has 2 amide bonds. The minimum Gasteiger partial charge on any atom is -0.495 e. The molecule has 1 aliphatic heterocycles. The zero-order valence-corrected chi connectivity index (χ0v) is 18.0. The molecule has 1 saturated heterocycles. The van der Waals surface area contributed by atoms with Gasteiger partial charge in [0.1, 0.15) is 17.7 Å². The third-order valence-electron chi connectivity index (χ3n) is 7.48. The molecule has 2 atom stereocenters. The number of imide groups is 1. The van der Waals surface area contributed by atoms with Gasteiger partial charge < -0.3 is 9.53 Å². The number of non-ortho nitro benzene ring substituents is 1. The lowest BCUT2D eigenvalue weighted by Gasteiger charge is -2.51. The molecule has 0 aromatic heterocycles. The van der Waals surface area contributed by atoms with Crippen LogP contribution in [0.15, 0.2) is 66.7 Å². The van der Waals surface area contributed by atoms with Gasteiger partial charge in [-0.3, -0.25) is 19.7 Å². The van der Waals surface area contributed by atoms with Gasteiger partial charge in [0.05, 0.1) is 29.3 Å². The Labute approximate surface area is 193 Å². The number of rotatable bonds is 4. The number of hydrogen-bond acceptors (Lipinski definition) is 6. The van der Waals surface area contributed by atoms with E-state index in [-0.39, 0.29) is 17.1 Å². The van der Waals surface area contributed by atoms with Gasteiger partial charge in [-0.05, 0) is 28.3 Å². The lowest BCUT2D eigenvalue weighted by Crippen LogP contribution is -2.54.